The van der Waals surface area contributed by atoms with E-state index in [1.165, 1.54) is 0 Å². The Balaban J connectivity index is 3.48. The van der Waals surface area contributed by atoms with Crippen LogP contribution in [0.2, 0.25) is 0 Å². The molecule has 1 aromatic rings. The third kappa shape index (κ3) is 1.77. The van der Waals surface area contributed by atoms with Gasteiger partial charge in [-0.3, -0.25) is 4.79 Å². The Hall–Kier alpha value is -1.58. The zero-order valence-corrected chi connectivity index (χ0v) is 7.55. The second-order valence-corrected chi connectivity index (χ2v) is 2.84. The molecule has 0 aliphatic rings. The molecule has 0 spiro atoms. The summed E-state index contributed by atoms with van der Waals surface area (Å²) in [6, 6.07) is 1.69. The van der Waals surface area contributed by atoms with Crippen molar-refractivity contribution < 1.29 is 9.90 Å². The maximum Gasteiger partial charge on any atom is 0.341 e. The number of aromatic nitrogens is 1. The molecule has 1 rings (SSSR count). The molecule has 0 atom stereocenters. The maximum atomic E-state index is 11.2. The van der Waals surface area contributed by atoms with Crippen molar-refractivity contribution in [2.75, 3.05) is 0 Å². The summed E-state index contributed by atoms with van der Waals surface area (Å²) in [6.45, 7) is 3.55. The number of nitrogens with one attached hydrogen (secondary N) is 1. The molecule has 0 saturated heterocycles. The predicted molar refractivity (Wildman–Crippen MR) is 48.1 cm³/mol. The minimum absolute atomic E-state index is 0.145. The lowest BCUT2D eigenvalue weighted by molar-refractivity contribution is 0.0693. The third-order valence-corrected chi connectivity index (χ3v) is 1.84. The molecule has 0 aromatic carbocycles. The van der Waals surface area contributed by atoms with Gasteiger partial charge in [0, 0.05) is 5.69 Å². The number of pyridine rings is 1. The standard InChI is InChI=1S/C9H11NO3/c1-3-6-4-5(2)10-8(11)7(6)9(12)13/h4H,3H2,1-2H3,(H,10,11)(H,12,13). The average molecular weight is 181 g/mol. The Kier molecular flexibility index (Phi) is 2.51. The SMILES string of the molecule is CCc1cc(C)[nH]c(=O)c1C(=O)O. The quantitative estimate of drug-likeness (QED) is 0.713. The summed E-state index contributed by atoms with van der Waals surface area (Å²) in [5.74, 6) is -1.17. The highest BCUT2D eigenvalue weighted by Gasteiger charge is 2.13. The summed E-state index contributed by atoms with van der Waals surface area (Å²) >= 11 is 0. The molecule has 2 N–H and O–H groups in total. The number of carboxylic acid groups (broad SMARTS) is 1. The van der Waals surface area contributed by atoms with Crippen LogP contribution in [0.1, 0.15) is 28.5 Å². The highest BCUT2D eigenvalue weighted by Crippen LogP contribution is 2.05. The van der Waals surface area contributed by atoms with Crippen LogP contribution in [0.25, 0.3) is 0 Å². The molecule has 0 fully saturated rings. The third-order valence-electron chi connectivity index (χ3n) is 1.84. The molecule has 4 nitrogen and oxygen atoms in total. The molecular weight excluding hydrogens is 170 g/mol. The fourth-order valence-corrected chi connectivity index (χ4v) is 1.27. The van der Waals surface area contributed by atoms with Crippen LogP contribution in [-0.2, 0) is 6.42 Å². The van der Waals surface area contributed by atoms with E-state index in [4.69, 9.17) is 5.11 Å². The summed E-state index contributed by atoms with van der Waals surface area (Å²) < 4.78 is 0. The smallest absolute Gasteiger partial charge is 0.341 e. The first-order valence-electron chi connectivity index (χ1n) is 4.02. The summed E-state index contributed by atoms with van der Waals surface area (Å²) in [6.07, 6.45) is 0.548. The molecule has 0 aliphatic heterocycles. The van der Waals surface area contributed by atoms with Crippen molar-refractivity contribution >= 4 is 5.97 Å². The molecule has 70 valence electrons. The lowest BCUT2D eigenvalue weighted by Crippen LogP contribution is -2.20. The molecule has 0 aliphatic carbocycles. The summed E-state index contributed by atoms with van der Waals surface area (Å²) in [5, 5.41) is 8.75. The second-order valence-electron chi connectivity index (χ2n) is 2.84. The van der Waals surface area contributed by atoms with Crippen LogP contribution in [0.15, 0.2) is 10.9 Å². The number of carboxylic acids is 1. The Labute approximate surface area is 75.2 Å². The number of aromatic carboxylic acids is 1. The number of H-pyrrole nitrogens is 1. The Morgan fingerprint density at radius 3 is 2.69 bits per heavy atom. The van der Waals surface area contributed by atoms with Crippen molar-refractivity contribution in [2.24, 2.45) is 0 Å². The van der Waals surface area contributed by atoms with Crippen LogP contribution in [-0.4, -0.2) is 16.1 Å². The largest absolute Gasteiger partial charge is 0.477 e. The molecule has 4 heteroatoms. The van der Waals surface area contributed by atoms with Crippen LogP contribution in [0.3, 0.4) is 0 Å². The normalized spacial score (nSPS) is 10.0. The number of aryl methyl sites for hydroxylation is 2. The van der Waals surface area contributed by atoms with Gasteiger partial charge in [0.05, 0.1) is 0 Å². The summed E-state index contributed by atoms with van der Waals surface area (Å²) in [5.41, 5.74) is 0.595. The fraction of sp³-hybridized carbons (Fsp3) is 0.333. The number of rotatable bonds is 2. The Bertz CT molecular complexity index is 392. The van der Waals surface area contributed by atoms with Gasteiger partial charge in [-0.1, -0.05) is 6.92 Å². The molecule has 1 aromatic heterocycles. The second kappa shape index (κ2) is 3.43. The van der Waals surface area contributed by atoms with Crippen LogP contribution in [0, 0.1) is 6.92 Å². The molecule has 0 bridgehead atoms. The minimum Gasteiger partial charge on any atom is -0.477 e. The molecule has 0 saturated carbocycles. The van der Waals surface area contributed by atoms with Crippen molar-refractivity contribution in [3.8, 4) is 0 Å². The highest BCUT2D eigenvalue weighted by atomic mass is 16.4. The summed E-state index contributed by atoms with van der Waals surface area (Å²) in [4.78, 5) is 24.4. The van der Waals surface area contributed by atoms with Gasteiger partial charge in [-0.05, 0) is 25.0 Å². The van der Waals surface area contributed by atoms with E-state index in [0.29, 0.717) is 17.7 Å². The first-order valence-corrected chi connectivity index (χ1v) is 4.02. The minimum atomic E-state index is -1.17. The number of hydrogen-bond acceptors (Lipinski definition) is 2. The van der Waals surface area contributed by atoms with Gasteiger partial charge in [-0.25, -0.2) is 4.79 Å². The maximum absolute atomic E-state index is 11.2. The first kappa shape index (κ1) is 9.51. The average Bonchev–Trinajstić information content (AvgIpc) is 2.01. The van der Waals surface area contributed by atoms with Gasteiger partial charge >= 0.3 is 5.97 Å². The van der Waals surface area contributed by atoms with E-state index >= 15 is 0 Å². The van der Waals surface area contributed by atoms with Crippen molar-refractivity contribution in [1.82, 2.24) is 4.98 Å². The number of aromatic amines is 1. The van der Waals surface area contributed by atoms with E-state index in [1.54, 1.807) is 13.0 Å². The molecule has 0 radical (unpaired) electrons. The van der Waals surface area contributed by atoms with Crippen molar-refractivity contribution in [2.45, 2.75) is 20.3 Å². The van der Waals surface area contributed by atoms with E-state index in [-0.39, 0.29) is 5.56 Å². The van der Waals surface area contributed by atoms with E-state index < -0.39 is 11.5 Å². The molecular formula is C9H11NO3. The topological polar surface area (TPSA) is 70.2 Å². The zero-order valence-electron chi connectivity index (χ0n) is 7.55. The Morgan fingerprint density at radius 1 is 1.62 bits per heavy atom. The molecule has 13 heavy (non-hydrogen) atoms. The van der Waals surface area contributed by atoms with Crippen LogP contribution in [0.4, 0.5) is 0 Å². The van der Waals surface area contributed by atoms with Crippen molar-refractivity contribution in [3.63, 3.8) is 0 Å². The van der Waals surface area contributed by atoms with Crippen molar-refractivity contribution in [3.05, 3.63) is 33.2 Å². The van der Waals surface area contributed by atoms with Gasteiger partial charge in [0.15, 0.2) is 0 Å². The van der Waals surface area contributed by atoms with Gasteiger partial charge in [-0.15, -0.1) is 0 Å². The highest BCUT2D eigenvalue weighted by molar-refractivity contribution is 5.88. The molecule has 1 heterocycles. The van der Waals surface area contributed by atoms with Gasteiger partial charge in [0.2, 0.25) is 0 Å². The van der Waals surface area contributed by atoms with Gasteiger partial charge < -0.3 is 10.1 Å². The summed E-state index contributed by atoms with van der Waals surface area (Å²) in [7, 11) is 0. The fourth-order valence-electron chi connectivity index (χ4n) is 1.27. The van der Waals surface area contributed by atoms with E-state index in [1.807, 2.05) is 6.92 Å². The number of hydrogen-bond donors (Lipinski definition) is 2. The van der Waals surface area contributed by atoms with Crippen LogP contribution < -0.4 is 5.56 Å². The first-order chi connectivity index (χ1) is 6.06. The number of carbonyl (C=O) groups is 1. The lowest BCUT2D eigenvalue weighted by Gasteiger charge is -2.02. The predicted octanol–water partition coefficient (Wildman–Crippen LogP) is 0.944. The monoisotopic (exact) mass is 181 g/mol. The van der Waals surface area contributed by atoms with Crippen LogP contribution >= 0.6 is 0 Å². The van der Waals surface area contributed by atoms with Crippen molar-refractivity contribution in [1.29, 1.82) is 0 Å². The molecule has 0 amide bonds. The van der Waals surface area contributed by atoms with E-state index in [2.05, 4.69) is 4.98 Å². The van der Waals surface area contributed by atoms with Gasteiger partial charge in [-0.2, -0.15) is 0 Å². The van der Waals surface area contributed by atoms with Gasteiger partial charge in [0.25, 0.3) is 5.56 Å². The van der Waals surface area contributed by atoms with E-state index in [0.717, 1.165) is 0 Å². The zero-order chi connectivity index (χ0) is 10.0. The van der Waals surface area contributed by atoms with Gasteiger partial charge in [0.1, 0.15) is 5.56 Å². The Morgan fingerprint density at radius 2 is 2.23 bits per heavy atom. The van der Waals surface area contributed by atoms with Crippen LogP contribution in [0.5, 0.6) is 0 Å². The van der Waals surface area contributed by atoms with E-state index in [9.17, 15) is 9.59 Å². The lowest BCUT2D eigenvalue weighted by atomic mass is 10.1. The molecule has 0 unspecified atom stereocenters.